The number of carbonyl (C=O) groups is 2. The maximum atomic E-state index is 12.8. The second-order valence-corrected chi connectivity index (χ2v) is 7.51. The summed E-state index contributed by atoms with van der Waals surface area (Å²) in [4.78, 5) is 36.6. The lowest BCUT2D eigenvalue weighted by Gasteiger charge is -2.18. The first-order valence-corrected chi connectivity index (χ1v) is 10.00. The summed E-state index contributed by atoms with van der Waals surface area (Å²) >= 11 is 6.17. The largest absolute Gasteiger partial charge is 0.481 e. The fourth-order valence-electron chi connectivity index (χ4n) is 3.11. The molecule has 3 aromatic rings. The van der Waals surface area contributed by atoms with Crippen molar-refractivity contribution < 1.29 is 14.7 Å². The van der Waals surface area contributed by atoms with E-state index in [4.69, 9.17) is 11.6 Å². The van der Waals surface area contributed by atoms with Gasteiger partial charge in [0.15, 0.2) is 0 Å². The van der Waals surface area contributed by atoms with Crippen molar-refractivity contribution in [2.75, 3.05) is 5.32 Å². The maximum Gasteiger partial charge on any atom is 0.319 e. The second-order valence-electron chi connectivity index (χ2n) is 7.11. The number of hydrogen-bond acceptors (Lipinski definition) is 3. The summed E-state index contributed by atoms with van der Waals surface area (Å²) in [6.45, 7) is 2.17. The standard InChI is InChI=1S/C23H22ClN3O4/c1-15-8-10-16(11-9-15)20(13-21(28)29)26-23(31)25-19-7-4-12-27(22(19)30)14-17-5-2-3-6-18(17)24/h2-12,20H,13-14H2,1H3,(H,28,29)(H2,25,26,31)/t20-/m0/s1. The van der Waals surface area contributed by atoms with Gasteiger partial charge in [-0.25, -0.2) is 4.79 Å². The van der Waals surface area contributed by atoms with Crippen LogP contribution >= 0.6 is 11.6 Å². The van der Waals surface area contributed by atoms with Crippen molar-refractivity contribution >= 4 is 29.3 Å². The highest BCUT2D eigenvalue weighted by molar-refractivity contribution is 6.31. The molecule has 3 rings (SSSR count). The lowest BCUT2D eigenvalue weighted by molar-refractivity contribution is -0.137. The summed E-state index contributed by atoms with van der Waals surface area (Å²) in [5.41, 5.74) is 2.12. The van der Waals surface area contributed by atoms with Crippen molar-refractivity contribution in [1.82, 2.24) is 9.88 Å². The van der Waals surface area contributed by atoms with Crippen LogP contribution in [0, 0.1) is 6.92 Å². The number of carboxylic acid groups (broad SMARTS) is 1. The molecule has 0 spiro atoms. The Morgan fingerprint density at radius 2 is 1.77 bits per heavy atom. The molecule has 0 radical (unpaired) electrons. The fraction of sp³-hybridized carbons (Fsp3) is 0.174. The topological polar surface area (TPSA) is 100 Å². The monoisotopic (exact) mass is 439 g/mol. The molecule has 2 aromatic carbocycles. The van der Waals surface area contributed by atoms with Crippen LogP contribution in [-0.2, 0) is 11.3 Å². The number of halogens is 1. The van der Waals surface area contributed by atoms with Crippen LogP contribution < -0.4 is 16.2 Å². The zero-order valence-corrected chi connectivity index (χ0v) is 17.6. The molecule has 2 amide bonds. The number of carbonyl (C=O) groups excluding carboxylic acids is 1. The van der Waals surface area contributed by atoms with Crippen molar-refractivity contribution in [2.45, 2.75) is 25.9 Å². The quantitative estimate of drug-likeness (QED) is 0.513. The molecule has 0 fully saturated rings. The molecule has 0 saturated heterocycles. The zero-order chi connectivity index (χ0) is 22.4. The number of aromatic nitrogens is 1. The summed E-state index contributed by atoms with van der Waals surface area (Å²) in [7, 11) is 0. The predicted molar refractivity (Wildman–Crippen MR) is 120 cm³/mol. The summed E-state index contributed by atoms with van der Waals surface area (Å²) < 4.78 is 1.44. The number of nitrogens with zero attached hydrogens (tertiary/aromatic N) is 1. The number of aliphatic carboxylic acids is 1. The molecule has 3 N–H and O–H groups in total. The Kier molecular flexibility index (Phi) is 7.10. The van der Waals surface area contributed by atoms with E-state index in [0.717, 1.165) is 11.1 Å². The molecule has 160 valence electrons. The molecule has 7 nitrogen and oxygen atoms in total. The number of hydrogen-bond donors (Lipinski definition) is 3. The van der Waals surface area contributed by atoms with Gasteiger partial charge in [0.05, 0.1) is 19.0 Å². The molecule has 0 aliphatic carbocycles. The molecule has 8 heteroatoms. The SMILES string of the molecule is Cc1ccc([C@H](CC(=O)O)NC(=O)Nc2cccn(Cc3ccccc3Cl)c2=O)cc1. The minimum absolute atomic E-state index is 0.0741. The average Bonchev–Trinajstić information content (AvgIpc) is 2.72. The molecule has 31 heavy (non-hydrogen) atoms. The molecule has 0 unspecified atom stereocenters. The Morgan fingerprint density at radius 1 is 1.06 bits per heavy atom. The van der Waals surface area contributed by atoms with Gasteiger partial charge in [-0.15, -0.1) is 0 Å². The molecule has 0 aliphatic heterocycles. The Morgan fingerprint density at radius 3 is 2.45 bits per heavy atom. The number of amides is 2. The number of aryl methyl sites for hydroxylation is 1. The molecule has 0 aliphatic rings. The van der Waals surface area contributed by atoms with Crippen LogP contribution in [0.1, 0.15) is 29.2 Å². The van der Waals surface area contributed by atoms with E-state index < -0.39 is 23.6 Å². The molecule has 1 aromatic heterocycles. The Bertz CT molecular complexity index is 1140. The molecule has 1 heterocycles. The van der Waals surface area contributed by atoms with E-state index in [1.54, 1.807) is 36.5 Å². The van der Waals surface area contributed by atoms with Gasteiger partial charge in [-0.3, -0.25) is 9.59 Å². The van der Waals surface area contributed by atoms with Crippen LogP contribution in [0.5, 0.6) is 0 Å². The van der Waals surface area contributed by atoms with E-state index in [1.165, 1.54) is 10.6 Å². The minimum atomic E-state index is -1.05. The smallest absolute Gasteiger partial charge is 0.319 e. The summed E-state index contributed by atoms with van der Waals surface area (Å²) in [5, 5.41) is 14.9. The van der Waals surface area contributed by atoms with Crippen molar-refractivity contribution in [3.63, 3.8) is 0 Å². The number of urea groups is 1. The third-order valence-electron chi connectivity index (χ3n) is 4.73. The van der Waals surface area contributed by atoms with Crippen LogP contribution in [0.15, 0.2) is 71.7 Å². The highest BCUT2D eigenvalue weighted by atomic mass is 35.5. The number of anilines is 1. The highest BCUT2D eigenvalue weighted by Crippen LogP contribution is 2.18. The molecular weight excluding hydrogens is 418 g/mol. The van der Waals surface area contributed by atoms with Crippen LogP contribution in [0.3, 0.4) is 0 Å². The van der Waals surface area contributed by atoms with Crippen molar-refractivity contribution in [2.24, 2.45) is 0 Å². The van der Waals surface area contributed by atoms with E-state index in [2.05, 4.69) is 10.6 Å². The van der Waals surface area contributed by atoms with Crippen molar-refractivity contribution in [3.8, 4) is 0 Å². The Hall–Kier alpha value is -3.58. The predicted octanol–water partition coefficient (Wildman–Crippen LogP) is 4.20. The number of pyridine rings is 1. The van der Waals surface area contributed by atoms with Gasteiger partial charge in [-0.1, -0.05) is 59.6 Å². The van der Waals surface area contributed by atoms with Crippen LogP contribution in [0.2, 0.25) is 5.02 Å². The normalized spacial score (nSPS) is 11.5. The average molecular weight is 440 g/mol. The molecule has 0 bridgehead atoms. The first-order chi connectivity index (χ1) is 14.8. The van der Waals surface area contributed by atoms with Crippen molar-refractivity contribution in [3.05, 3.63) is 98.9 Å². The van der Waals surface area contributed by atoms with Gasteiger partial charge < -0.3 is 20.3 Å². The molecule has 0 saturated carbocycles. The summed E-state index contributed by atoms with van der Waals surface area (Å²) in [6.07, 6.45) is 1.32. The highest BCUT2D eigenvalue weighted by Gasteiger charge is 2.19. The summed E-state index contributed by atoms with van der Waals surface area (Å²) in [6, 6.07) is 16.1. The van der Waals surface area contributed by atoms with E-state index in [0.29, 0.717) is 10.6 Å². The van der Waals surface area contributed by atoms with Gasteiger partial charge in [0.1, 0.15) is 5.69 Å². The zero-order valence-electron chi connectivity index (χ0n) is 16.8. The third-order valence-corrected chi connectivity index (χ3v) is 5.10. The van der Waals surface area contributed by atoms with Gasteiger partial charge in [-0.05, 0) is 36.2 Å². The summed E-state index contributed by atoms with van der Waals surface area (Å²) in [5.74, 6) is -1.05. The number of rotatable bonds is 7. The number of carboxylic acids is 1. The Balaban J connectivity index is 1.76. The van der Waals surface area contributed by atoms with Gasteiger partial charge in [0.2, 0.25) is 0 Å². The number of benzene rings is 2. The van der Waals surface area contributed by atoms with Gasteiger partial charge in [-0.2, -0.15) is 0 Å². The fourth-order valence-corrected chi connectivity index (χ4v) is 3.30. The van der Waals surface area contributed by atoms with E-state index in [-0.39, 0.29) is 18.7 Å². The minimum Gasteiger partial charge on any atom is -0.481 e. The van der Waals surface area contributed by atoms with Gasteiger partial charge in [0.25, 0.3) is 5.56 Å². The van der Waals surface area contributed by atoms with Gasteiger partial charge in [0, 0.05) is 11.2 Å². The van der Waals surface area contributed by atoms with E-state index in [9.17, 15) is 19.5 Å². The lowest BCUT2D eigenvalue weighted by atomic mass is 10.0. The first kappa shape index (κ1) is 22.1. The molecule has 1 atom stereocenters. The second kappa shape index (κ2) is 9.95. The Labute approximate surface area is 184 Å². The van der Waals surface area contributed by atoms with Crippen LogP contribution in [-0.4, -0.2) is 21.7 Å². The van der Waals surface area contributed by atoms with E-state index >= 15 is 0 Å². The van der Waals surface area contributed by atoms with Gasteiger partial charge >= 0.3 is 12.0 Å². The van der Waals surface area contributed by atoms with E-state index in [1.807, 2.05) is 31.2 Å². The maximum absolute atomic E-state index is 12.8. The lowest BCUT2D eigenvalue weighted by Crippen LogP contribution is -2.36. The molecular formula is C23H22ClN3O4. The third kappa shape index (κ3) is 5.96. The number of nitrogens with one attached hydrogen (secondary N) is 2. The van der Waals surface area contributed by atoms with Crippen molar-refractivity contribution in [1.29, 1.82) is 0 Å². The van der Waals surface area contributed by atoms with Crippen LogP contribution in [0.4, 0.5) is 10.5 Å². The van der Waals surface area contributed by atoms with Crippen LogP contribution in [0.25, 0.3) is 0 Å². The first-order valence-electron chi connectivity index (χ1n) is 9.62.